The van der Waals surface area contributed by atoms with Crippen molar-refractivity contribution in [1.29, 1.82) is 0 Å². The van der Waals surface area contributed by atoms with Crippen molar-refractivity contribution in [1.82, 2.24) is 4.98 Å². The highest BCUT2D eigenvalue weighted by atomic mass is 19.2. The fourth-order valence-corrected chi connectivity index (χ4v) is 1.39. The minimum absolute atomic E-state index is 0.552. The summed E-state index contributed by atoms with van der Waals surface area (Å²) in [6, 6.07) is 9.07. The molecule has 2 rings (SSSR count). The van der Waals surface area contributed by atoms with Gasteiger partial charge in [0.25, 0.3) is 0 Å². The molecule has 4 heteroatoms. The number of pyridine rings is 1. The molecule has 1 aromatic heterocycles. The molecule has 0 saturated heterocycles. The Hall–Kier alpha value is -1.97. The fraction of sp³-hybridized carbons (Fsp3) is 0.0833. The largest absolute Gasteiger partial charge is 0.373 e. The number of hydrogen-bond donors (Lipinski definition) is 1. The van der Waals surface area contributed by atoms with E-state index >= 15 is 0 Å². The Labute approximate surface area is 92.0 Å². The van der Waals surface area contributed by atoms with Gasteiger partial charge in [-0.15, -0.1) is 0 Å². The van der Waals surface area contributed by atoms with E-state index in [2.05, 4.69) is 10.3 Å². The van der Waals surface area contributed by atoms with Gasteiger partial charge in [0.1, 0.15) is 5.82 Å². The third kappa shape index (κ3) is 2.00. The lowest BCUT2D eigenvalue weighted by atomic mass is 10.1. The zero-order valence-electron chi connectivity index (χ0n) is 8.67. The van der Waals surface area contributed by atoms with Crippen molar-refractivity contribution < 1.29 is 8.78 Å². The van der Waals surface area contributed by atoms with E-state index < -0.39 is 11.6 Å². The van der Waals surface area contributed by atoms with E-state index in [0.29, 0.717) is 17.1 Å². The Bertz CT molecular complexity index is 512. The van der Waals surface area contributed by atoms with Crippen molar-refractivity contribution >= 4 is 5.82 Å². The number of anilines is 1. The summed E-state index contributed by atoms with van der Waals surface area (Å²) in [5, 5.41) is 2.88. The van der Waals surface area contributed by atoms with Crippen LogP contribution in [0.3, 0.4) is 0 Å². The fourth-order valence-electron chi connectivity index (χ4n) is 1.39. The smallest absolute Gasteiger partial charge is 0.159 e. The molecule has 2 aromatic rings. The summed E-state index contributed by atoms with van der Waals surface area (Å²) in [5.41, 5.74) is 1.15. The molecule has 0 aliphatic rings. The Morgan fingerprint density at radius 1 is 1.06 bits per heavy atom. The molecule has 1 heterocycles. The molecule has 0 radical (unpaired) electrons. The lowest BCUT2D eigenvalue weighted by molar-refractivity contribution is 0.509. The highest BCUT2D eigenvalue weighted by molar-refractivity contribution is 5.61. The van der Waals surface area contributed by atoms with Crippen LogP contribution in [0.1, 0.15) is 0 Å². The maximum atomic E-state index is 13.0. The second kappa shape index (κ2) is 4.26. The summed E-state index contributed by atoms with van der Waals surface area (Å²) >= 11 is 0. The van der Waals surface area contributed by atoms with Gasteiger partial charge in [-0.3, -0.25) is 0 Å². The molecule has 0 atom stereocenters. The predicted molar refractivity (Wildman–Crippen MR) is 59.1 cm³/mol. The van der Waals surface area contributed by atoms with E-state index in [0.717, 1.165) is 12.1 Å². The number of hydrogen-bond acceptors (Lipinski definition) is 2. The second-order valence-corrected chi connectivity index (χ2v) is 3.29. The first kappa shape index (κ1) is 10.5. The summed E-state index contributed by atoms with van der Waals surface area (Å²) in [6.45, 7) is 0. The van der Waals surface area contributed by atoms with E-state index in [4.69, 9.17) is 0 Å². The lowest BCUT2D eigenvalue weighted by Crippen LogP contribution is -1.94. The van der Waals surface area contributed by atoms with Gasteiger partial charge in [-0.1, -0.05) is 6.07 Å². The molecule has 1 aromatic carbocycles. The molecule has 2 nitrogen and oxygen atoms in total. The van der Waals surface area contributed by atoms with Crippen LogP contribution in [0.5, 0.6) is 0 Å². The van der Waals surface area contributed by atoms with E-state index in [1.165, 1.54) is 6.07 Å². The van der Waals surface area contributed by atoms with Crippen LogP contribution in [-0.4, -0.2) is 12.0 Å². The first-order valence-corrected chi connectivity index (χ1v) is 4.81. The van der Waals surface area contributed by atoms with Crippen LogP contribution in [0, 0.1) is 11.6 Å². The maximum absolute atomic E-state index is 13.0. The van der Waals surface area contributed by atoms with Crippen LogP contribution in [0.15, 0.2) is 36.4 Å². The SMILES string of the molecule is CNc1cccc(-c2ccc(F)c(F)c2)n1. The Morgan fingerprint density at radius 3 is 2.56 bits per heavy atom. The summed E-state index contributed by atoms with van der Waals surface area (Å²) in [7, 11) is 1.75. The van der Waals surface area contributed by atoms with Crippen molar-refractivity contribution in [3.63, 3.8) is 0 Å². The van der Waals surface area contributed by atoms with Gasteiger partial charge in [0.15, 0.2) is 11.6 Å². The molecular weight excluding hydrogens is 210 g/mol. The highest BCUT2D eigenvalue weighted by Gasteiger charge is 2.05. The summed E-state index contributed by atoms with van der Waals surface area (Å²) in [5.74, 6) is -1.04. The van der Waals surface area contributed by atoms with Crippen molar-refractivity contribution in [2.45, 2.75) is 0 Å². The standard InChI is InChI=1S/C12H10F2N2/c1-15-12-4-2-3-11(16-12)8-5-6-9(13)10(14)7-8/h2-7H,1H3,(H,15,16). The van der Waals surface area contributed by atoms with Crippen molar-refractivity contribution in [3.05, 3.63) is 48.0 Å². The van der Waals surface area contributed by atoms with Gasteiger partial charge in [0, 0.05) is 12.6 Å². The number of halogens is 2. The van der Waals surface area contributed by atoms with E-state index in [1.807, 2.05) is 0 Å². The first-order chi connectivity index (χ1) is 7.70. The number of rotatable bonds is 2. The molecule has 0 aliphatic carbocycles. The van der Waals surface area contributed by atoms with Crippen molar-refractivity contribution in [2.24, 2.45) is 0 Å². The Kier molecular flexibility index (Phi) is 2.81. The average Bonchev–Trinajstić information content (AvgIpc) is 2.33. The Morgan fingerprint density at radius 2 is 1.88 bits per heavy atom. The molecular formula is C12H10F2N2. The van der Waals surface area contributed by atoms with Crippen molar-refractivity contribution in [3.8, 4) is 11.3 Å². The minimum Gasteiger partial charge on any atom is -0.373 e. The zero-order valence-corrected chi connectivity index (χ0v) is 8.67. The van der Waals surface area contributed by atoms with Crippen LogP contribution in [0.2, 0.25) is 0 Å². The molecule has 0 spiro atoms. The molecule has 0 unspecified atom stereocenters. The topological polar surface area (TPSA) is 24.9 Å². The van der Waals surface area contributed by atoms with Crippen LogP contribution < -0.4 is 5.32 Å². The van der Waals surface area contributed by atoms with Gasteiger partial charge in [0.05, 0.1) is 5.69 Å². The molecule has 82 valence electrons. The summed E-state index contributed by atoms with van der Waals surface area (Å²) < 4.78 is 25.8. The van der Waals surface area contributed by atoms with Gasteiger partial charge >= 0.3 is 0 Å². The summed E-state index contributed by atoms with van der Waals surface area (Å²) in [6.07, 6.45) is 0. The van der Waals surface area contributed by atoms with E-state index in [-0.39, 0.29) is 0 Å². The molecule has 0 saturated carbocycles. The average molecular weight is 220 g/mol. The monoisotopic (exact) mass is 220 g/mol. The van der Waals surface area contributed by atoms with Crippen LogP contribution in [0.25, 0.3) is 11.3 Å². The first-order valence-electron chi connectivity index (χ1n) is 4.81. The van der Waals surface area contributed by atoms with E-state index in [1.54, 1.807) is 25.2 Å². The lowest BCUT2D eigenvalue weighted by Gasteiger charge is -2.04. The molecule has 0 fully saturated rings. The summed E-state index contributed by atoms with van der Waals surface area (Å²) in [4.78, 5) is 4.23. The molecule has 1 N–H and O–H groups in total. The quantitative estimate of drug-likeness (QED) is 0.841. The van der Waals surface area contributed by atoms with Gasteiger partial charge in [-0.2, -0.15) is 0 Å². The molecule has 0 bridgehead atoms. The zero-order chi connectivity index (χ0) is 11.5. The predicted octanol–water partition coefficient (Wildman–Crippen LogP) is 3.07. The third-order valence-electron chi connectivity index (χ3n) is 2.22. The van der Waals surface area contributed by atoms with Gasteiger partial charge < -0.3 is 5.32 Å². The Balaban J connectivity index is 2.46. The minimum atomic E-state index is -0.867. The van der Waals surface area contributed by atoms with Crippen LogP contribution >= 0.6 is 0 Å². The van der Waals surface area contributed by atoms with Crippen molar-refractivity contribution in [2.75, 3.05) is 12.4 Å². The molecule has 0 amide bonds. The van der Waals surface area contributed by atoms with E-state index in [9.17, 15) is 8.78 Å². The second-order valence-electron chi connectivity index (χ2n) is 3.29. The highest BCUT2D eigenvalue weighted by Crippen LogP contribution is 2.20. The van der Waals surface area contributed by atoms with Crippen LogP contribution in [-0.2, 0) is 0 Å². The number of nitrogens with zero attached hydrogens (tertiary/aromatic N) is 1. The molecule has 0 aliphatic heterocycles. The molecule has 16 heavy (non-hydrogen) atoms. The van der Waals surface area contributed by atoms with Gasteiger partial charge in [-0.25, -0.2) is 13.8 Å². The third-order valence-corrected chi connectivity index (χ3v) is 2.22. The maximum Gasteiger partial charge on any atom is 0.159 e. The number of nitrogens with one attached hydrogen (secondary N) is 1. The number of aromatic nitrogens is 1. The van der Waals surface area contributed by atoms with Gasteiger partial charge in [0.2, 0.25) is 0 Å². The number of benzene rings is 1. The van der Waals surface area contributed by atoms with Crippen LogP contribution in [0.4, 0.5) is 14.6 Å². The normalized spacial score (nSPS) is 10.2. The van der Waals surface area contributed by atoms with Gasteiger partial charge in [-0.05, 0) is 30.3 Å².